The molecule has 2 amide bonds. The number of nitrogens with one attached hydrogen (secondary N) is 2. The van der Waals surface area contributed by atoms with Gasteiger partial charge in [-0.3, -0.25) is 14.3 Å². The predicted octanol–water partition coefficient (Wildman–Crippen LogP) is 2.27. The van der Waals surface area contributed by atoms with Crippen molar-refractivity contribution in [3.05, 3.63) is 64.7 Å². The van der Waals surface area contributed by atoms with E-state index in [-0.39, 0.29) is 18.9 Å². The minimum Gasteiger partial charge on any atom is -0.489 e. The quantitative estimate of drug-likeness (QED) is 0.715. The Labute approximate surface area is 182 Å². The van der Waals surface area contributed by atoms with E-state index in [1.807, 2.05) is 37.3 Å². The number of rotatable bonds is 6. The molecule has 0 unspecified atom stereocenters. The van der Waals surface area contributed by atoms with Crippen molar-refractivity contribution in [2.24, 2.45) is 0 Å². The van der Waals surface area contributed by atoms with Gasteiger partial charge in [-0.05, 0) is 48.9 Å². The lowest BCUT2D eigenvalue weighted by atomic mass is 9.93. The molecule has 8 heteroatoms. The first-order valence-corrected chi connectivity index (χ1v) is 12.2. The molecular weight excluding hydrogens is 416 g/mol. The van der Waals surface area contributed by atoms with Crippen molar-refractivity contribution in [2.75, 3.05) is 6.26 Å². The van der Waals surface area contributed by atoms with Crippen LogP contribution in [0.25, 0.3) is 0 Å². The van der Waals surface area contributed by atoms with Gasteiger partial charge in [0.2, 0.25) is 10.0 Å². The van der Waals surface area contributed by atoms with Gasteiger partial charge in [-0.25, -0.2) is 8.42 Å². The molecule has 1 fully saturated rings. The minimum absolute atomic E-state index is 0.0888. The van der Waals surface area contributed by atoms with Gasteiger partial charge in [-0.1, -0.05) is 36.4 Å². The Morgan fingerprint density at radius 1 is 1.03 bits per heavy atom. The molecule has 4 rings (SSSR count). The van der Waals surface area contributed by atoms with E-state index in [0.717, 1.165) is 42.2 Å². The summed E-state index contributed by atoms with van der Waals surface area (Å²) in [5.41, 5.74) is 1.59. The van der Waals surface area contributed by atoms with Gasteiger partial charge >= 0.3 is 0 Å². The zero-order valence-electron chi connectivity index (χ0n) is 17.6. The Bertz CT molecular complexity index is 1110. The molecule has 0 saturated heterocycles. The van der Waals surface area contributed by atoms with Crippen LogP contribution in [0.5, 0.6) is 5.75 Å². The fourth-order valence-corrected chi connectivity index (χ4v) is 4.65. The molecule has 0 heterocycles. The number of fused-ring (bicyclic) bond motifs is 1. The van der Waals surface area contributed by atoms with Gasteiger partial charge in [-0.2, -0.15) is 0 Å². The molecule has 0 spiro atoms. The number of aryl methyl sites for hydroxylation is 1. The summed E-state index contributed by atoms with van der Waals surface area (Å²) in [5, 5.41) is 2.86. The zero-order valence-corrected chi connectivity index (χ0v) is 18.4. The van der Waals surface area contributed by atoms with E-state index in [4.69, 9.17) is 4.74 Å². The predicted molar refractivity (Wildman–Crippen MR) is 116 cm³/mol. The first-order valence-electron chi connectivity index (χ1n) is 10.3. The number of benzene rings is 2. The smallest absolute Gasteiger partial charge is 0.259 e. The SMILES string of the molecule is Cc1cccc(C(=O)NC2(C(=O)NS(C)(=O)=O)Cc3ccccc3C2)c1OC1CCC1. The first kappa shape index (κ1) is 21.4. The highest BCUT2D eigenvalue weighted by Crippen LogP contribution is 2.33. The van der Waals surface area contributed by atoms with Crippen LogP contribution in [0.15, 0.2) is 42.5 Å². The number of hydrogen-bond acceptors (Lipinski definition) is 5. The number of hydrogen-bond donors (Lipinski definition) is 2. The molecule has 2 aromatic carbocycles. The standard InChI is InChI=1S/C23H26N2O5S/c1-15-7-5-12-19(20(15)30-18-10-6-11-18)21(26)24-23(22(27)25-31(2,28)29)13-16-8-3-4-9-17(16)14-23/h3-5,7-9,12,18H,6,10-11,13-14H2,1-2H3,(H,24,26)(H,25,27). The van der Waals surface area contributed by atoms with E-state index >= 15 is 0 Å². The van der Waals surface area contributed by atoms with Gasteiger partial charge in [0, 0.05) is 12.8 Å². The van der Waals surface area contributed by atoms with Gasteiger partial charge in [-0.15, -0.1) is 0 Å². The van der Waals surface area contributed by atoms with E-state index < -0.39 is 27.4 Å². The van der Waals surface area contributed by atoms with Crippen molar-refractivity contribution in [3.8, 4) is 5.75 Å². The highest BCUT2D eigenvalue weighted by Gasteiger charge is 2.46. The lowest BCUT2D eigenvalue weighted by Crippen LogP contribution is -2.60. The van der Waals surface area contributed by atoms with Crippen LogP contribution in [-0.2, 0) is 27.7 Å². The summed E-state index contributed by atoms with van der Waals surface area (Å²) in [6, 6.07) is 12.8. The van der Waals surface area contributed by atoms with E-state index in [2.05, 4.69) is 10.0 Å². The second-order valence-electron chi connectivity index (χ2n) is 8.48. The van der Waals surface area contributed by atoms with E-state index in [1.54, 1.807) is 12.1 Å². The van der Waals surface area contributed by atoms with Crippen LogP contribution in [-0.4, -0.2) is 38.1 Å². The van der Waals surface area contributed by atoms with Crippen LogP contribution < -0.4 is 14.8 Å². The molecular formula is C23H26N2O5S. The van der Waals surface area contributed by atoms with Gasteiger partial charge in [0.15, 0.2) is 0 Å². The minimum atomic E-state index is -3.79. The van der Waals surface area contributed by atoms with Gasteiger partial charge in [0.1, 0.15) is 11.3 Å². The second kappa shape index (κ2) is 8.00. The van der Waals surface area contributed by atoms with Crippen molar-refractivity contribution < 1.29 is 22.7 Å². The molecule has 0 atom stereocenters. The highest BCUT2D eigenvalue weighted by molar-refractivity contribution is 7.89. The number of carbonyl (C=O) groups is 2. The molecule has 0 aromatic heterocycles. The lowest BCUT2D eigenvalue weighted by molar-refractivity contribution is -0.125. The van der Waals surface area contributed by atoms with Crippen molar-refractivity contribution >= 4 is 21.8 Å². The molecule has 1 saturated carbocycles. The summed E-state index contributed by atoms with van der Waals surface area (Å²) in [7, 11) is -3.79. The maximum atomic E-state index is 13.4. The normalized spacial score (nSPS) is 17.4. The van der Waals surface area contributed by atoms with E-state index in [0.29, 0.717) is 11.3 Å². The monoisotopic (exact) mass is 442 g/mol. The Hall–Kier alpha value is -2.87. The summed E-state index contributed by atoms with van der Waals surface area (Å²) < 4.78 is 31.7. The number of amides is 2. The third kappa shape index (κ3) is 4.44. The van der Waals surface area contributed by atoms with E-state index in [1.165, 1.54) is 0 Å². The van der Waals surface area contributed by atoms with Crippen LogP contribution in [0.2, 0.25) is 0 Å². The largest absolute Gasteiger partial charge is 0.489 e. The molecule has 7 nitrogen and oxygen atoms in total. The summed E-state index contributed by atoms with van der Waals surface area (Å²) >= 11 is 0. The lowest BCUT2D eigenvalue weighted by Gasteiger charge is -2.31. The Morgan fingerprint density at radius 2 is 1.68 bits per heavy atom. The summed E-state index contributed by atoms with van der Waals surface area (Å²) in [6.07, 6.45) is 4.43. The Kier molecular flexibility index (Phi) is 5.51. The van der Waals surface area contributed by atoms with Crippen LogP contribution >= 0.6 is 0 Å². The fraction of sp³-hybridized carbons (Fsp3) is 0.391. The summed E-state index contributed by atoms with van der Waals surface area (Å²) in [5.74, 6) is -0.693. The maximum absolute atomic E-state index is 13.4. The van der Waals surface area contributed by atoms with Crippen molar-refractivity contribution in [1.82, 2.24) is 10.0 Å². The Morgan fingerprint density at radius 3 is 2.23 bits per heavy atom. The van der Waals surface area contributed by atoms with Gasteiger partial charge in [0.05, 0.1) is 17.9 Å². The molecule has 2 aliphatic rings. The third-order valence-electron chi connectivity index (χ3n) is 5.96. The summed E-state index contributed by atoms with van der Waals surface area (Å²) in [4.78, 5) is 26.4. The van der Waals surface area contributed by atoms with Crippen molar-refractivity contribution in [1.29, 1.82) is 0 Å². The van der Waals surface area contributed by atoms with Crippen LogP contribution in [0.4, 0.5) is 0 Å². The van der Waals surface area contributed by atoms with Crippen LogP contribution in [0, 0.1) is 6.92 Å². The fourth-order valence-electron chi connectivity index (χ4n) is 4.11. The van der Waals surface area contributed by atoms with Gasteiger partial charge < -0.3 is 10.1 Å². The van der Waals surface area contributed by atoms with E-state index in [9.17, 15) is 18.0 Å². The average Bonchev–Trinajstić information content (AvgIpc) is 3.03. The molecule has 2 aromatic rings. The van der Waals surface area contributed by atoms with Crippen LogP contribution in [0.1, 0.15) is 46.3 Å². The highest BCUT2D eigenvalue weighted by atomic mass is 32.2. The topological polar surface area (TPSA) is 102 Å². The second-order valence-corrected chi connectivity index (χ2v) is 10.2. The number of ether oxygens (including phenoxy) is 1. The molecule has 164 valence electrons. The molecule has 2 N–H and O–H groups in total. The average molecular weight is 443 g/mol. The zero-order chi connectivity index (χ0) is 22.2. The summed E-state index contributed by atoms with van der Waals surface area (Å²) in [6.45, 7) is 1.88. The first-order chi connectivity index (χ1) is 14.7. The number of carbonyl (C=O) groups excluding carboxylic acids is 2. The third-order valence-corrected chi connectivity index (χ3v) is 6.52. The Balaban J connectivity index is 1.66. The molecule has 2 aliphatic carbocycles. The van der Waals surface area contributed by atoms with Gasteiger partial charge in [0.25, 0.3) is 11.8 Å². The maximum Gasteiger partial charge on any atom is 0.259 e. The molecule has 0 radical (unpaired) electrons. The van der Waals surface area contributed by atoms with Crippen molar-refractivity contribution in [3.63, 3.8) is 0 Å². The van der Waals surface area contributed by atoms with Crippen molar-refractivity contribution in [2.45, 2.75) is 50.7 Å². The molecule has 0 aliphatic heterocycles. The molecule has 31 heavy (non-hydrogen) atoms. The number of para-hydroxylation sites is 1. The number of sulfonamides is 1. The van der Waals surface area contributed by atoms with Crippen LogP contribution in [0.3, 0.4) is 0 Å². The molecule has 0 bridgehead atoms.